The van der Waals surface area contributed by atoms with Crippen molar-refractivity contribution in [1.29, 1.82) is 0 Å². The summed E-state index contributed by atoms with van der Waals surface area (Å²) in [7, 11) is 1.66. The summed E-state index contributed by atoms with van der Waals surface area (Å²) in [5, 5.41) is 10.7. The lowest BCUT2D eigenvalue weighted by molar-refractivity contribution is 0.117. The van der Waals surface area contributed by atoms with Crippen molar-refractivity contribution in [3.8, 4) is 5.75 Å². The Kier molecular flexibility index (Phi) is 4.76. The normalized spacial score (nSPS) is 29.5. The highest BCUT2D eigenvalue weighted by atomic mass is 16.5. The molecule has 4 rings (SSSR count). The summed E-state index contributed by atoms with van der Waals surface area (Å²) < 4.78 is 5.28. The smallest absolute Gasteiger partial charge is 0.119 e. The van der Waals surface area contributed by atoms with Crippen LogP contribution in [0.1, 0.15) is 42.9 Å². The molecule has 1 aliphatic heterocycles. The molecule has 1 saturated carbocycles. The van der Waals surface area contributed by atoms with Crippen molar-refractivity contribution in [3.63, 3.8) is 0 Å². The zero-order chi connectivity index (χ0) is 18.1. The van der Waals surface area contributed by atoms with Gasteiger partial charge in [-0.1, -0.05) is 49.4 Å². The van der Waals surface area contributed by atoms with Crippen LogP contribution in [-0.2, 0) is 0 Å². The molecule has 2 aromatic rings. The summed E-state index contributed by atoms with van der Waals surface area (Å²) >= 11 is 0. The van der Waals surface area contributed by atoms with Crippen LogP contribution in [0.4, 0.5) is 0 Å². The van der Waals surface area contributed by atoms with Crippen LogP contribution in [0.15, 0.2) is 54.6 Å². The lowest BCUT2D eigenvalue weighted by Crippen LogP contribution is -2.29. The number of methoxy groups -OCH3 is 1. The minimum Gasteiger partial charge on any atom is -0.497 e. The predicted molar refractivity (Wildman–Crippen MR) is 104 cm³/mol. The maximum Gasteiger partial charge on any atom is 0.119 e. The molecule has 0 spiro atoms. The molecule has 3 heteroatoms. The Morgan fingerprint density at radius 1 is 1.19 bits per heavy atom. The van der Waals surface area contributed by atoms with Crippen LogP contribution in [0.2, 0.25) is 0 Å². The first-order chi connectivity index (χ1) is 12.6. The van der Waals surface area contributed by atoms with Crippen molar-refractivity contribution in [2.45, 2.75) is 31.8 Å². The van der Waals surface area contributed by atoms with Gasteiger partial charge in [0.25, 0.3) is 0 Å². The van der Waals surface area contributed by atoms with Crippen LogP contribution in [0.5, 0.6) is 5.75 Å². The third kappa shape index (κ3) is 3.38. The van der Waals surface area contributed by atoms with Crippen LogP contribution in [0.3, 0.4) is 0 Å². The van der Waals surface area contributed by atoms with E-state index in [1.807, 2.05) is 24.3 Å². The van der Waals surface area contributed by atoms with E-state index in [9.17, 15) is 5.11 Å². The monoisotopic (exact) mass is 351 g/mol. The molecular weight excluding hydrogens is 322 g/mol. The second-order valence-corrected chi connectivity index (χ2v) is 8.38. The predicted octanol–water partition coefficient (Wildman–Crippen LogP) is 4.24. The minimum absolute atomic E-state index is 0.370. The number of aliphatic hydroxyl groups excluding tert-OH is 1. The molecule has 26 heavy (non-hydrogen) atoms. The van der Waals surface area contributed by atoms with Gasteiger partial charge in [0.05, 0.1) is 13.2 Å². The van der Waals surface area contributed by atoms with E-state index in [1.54, 1.807) is 7.11 Å². The molecule has 0 unspecified atom stereocenters. The van der Waals surface area contributed by atoms with Crippen LogP contribution >= 0.6 is 0 Å². The van der Waals surface area contributed by atoms with Crippen molar-refractivity contribution < 1.29 is 9.84 Å². The van der Waals surface area contributed by atoms with Gasteiger partial charge in [-0.25, -0.2) is 0 Å². The van der Waals surface area contributed by atoms with Gasteiger partial charge in [-0.2, -0.15) is 0 Å². The van der Waals surface area contributed by atoms with Gasteiger partial charge in [-0.3, -0.25) is 4.90 Å². The van der Waals surface area contributed by atoms with E-state index in [-0.39, 0.29) is 0 Å². The van der Waals surface area contributed by atoms with E-state index in [0.717, 1.165) is 30.3 Å². The average Bonchev–Trinajstić information content (AvgIpc) is 3.13. The first kappa shape index (κ1) is 17.6. The summed E-state index contributed by atoms with van der Waals surface area (Å²) in [5.74, 6) is 2.22. The van der Waals surface area contributed by atoms with Crippen molar-refractivity contribution in [1.82, 2.24) is 4.90 Å². The van der Waals surface area contributed by atoms with Crippen LogP contribution in [0, 0.1) is 11.3 Å². The molecular formula is C23H29NO2. The maximum atomic E-state index is 10.7. The Balaban J connectivity index is 1.39. The van der Waals surface area contributed by atoms with Gasteiger partial charge in [0.2, 0.25) is 0 Å². The van der Waals surface area contributed by atoms with Gasteiger partial charge in [0.15, 0.2) is 0 Å². The first-order valence-corrected chi connectivity index (χ1v) is 9.67. The van der Waals surface area contributed by atoms with Gasteiger partial charge >= 0.3 is 0 Å². The molecule has 2 aromatic carbocycles. The number of β-amino-alcohol motifs (C(OH)–C–C–N with tert-alkyl or cyclic N) is 1. The van der Waals surface area contributed by atoms with Crippen LogP contribution in [-0.4, -0.2) is 36.8 Å². The summed E-state index contributed by atoms with van der Waals surface area (Å²) in [6.07, 6.45) is 2.07. The number of ether oxygens (including phenoxy) is 1. The van der Waals surface area contributed by atoms with Gasteiger partial charge in [-0.15, -0.1) is 0 Å². The highest BCUT2D eigenvalue weighted by molar-refractivity contribution is 5.30. The van der Waals surface area contributed by atoms with Crippen molar-refractivity contribution >= 4 is 0 Å². The summed E-state index contributed by atoms with van der Waals surface area (Å²) in [6.45, 7) is 5.33. The van der Waals surface area contributed by atoms with Crippen LogP contribution < -0.4 is 4.74 Å². The fourth-order valence-corrected chi connectivity index (χ4v) is 5.13. The lowest BCUT2D eigenvalue weighted by Gasteiger charge is -2.26. The number of hydrogen-bond donors (Lipinski definition) is 1. The maximum absolute atomic E-state index is 10.7. The van der Waals surface area contributed by atoms with Gasteiger partial charge in [0, 0.05) is 19.6 Å². The van der Waals surface area contributed by atoms with Gasteiger partial charge < -0.3 is 9.84 Å². The molecule has 0 aromatic heterocycles. The highest BCUT2D eigenvalue weighted by Gasteiger charge is 2.49. The molecule has 2 fully saturated rings. The Morgan fingerprint density at radius 2 is 2.00 bits per heavy atom. The second kappa shape index (κ2) is 7.05. The Labute approximate surface area is 156 Å². The molecule has 1 N–H and O–H groups in total. The zero-order valence-electron chi connectivity index (χ0n) is 15.8. The van der Waals surface area contributed by atoms with Crippen molar-refractivity contribution in [2.24, 2.45) is 11.3 Å². The molecule has 1 saturated heterocycles. The highest BCUT2D eigenvalue weighted by Crippen LogP contribution is 2.54. The number of fused-ring (bicyclic) bond motifs is 1. The van der Waals surface area contributed by atoms with E-state index in [2.05, 4.69) is 42.2 Å². The quantitative estimate of drug-likeness (QED) is 0.874. The average molecular weight is 351 g/mol. The summed E-state index contributed by atoms with van der Waals surface area (Å²) in [6, 6.07) is 18.8. The van der Waals surface area contributed by atoms with Gasteiger partial charge in [0.1, 0.15) is 5.75 Å². The Hall–Kier alpha value is -1.84. The number of benzene rings is 2. The number of aliphatic hydroxyl groups is 1. The fourth-order valence-electron chi connectivity index (χ4n) is 5.13. The molecule has 0 amide bonds. The zero-order valence-corrected chi connectivity index (χ0v) is 15.8. The number of rotatable bonds is 5. The van der Waals surface area contributed by atoms with Crippen LogP contribution in [0.25, 0.3) is 0 Å². The van der Waals surface area contributed by atoms with E-state index in [0.29, 0.717) is 17.9 Å². The Bertz CT molecular complexity index is 747. The van der Waals surface area contributed by atoms with E-state index in [4.69, 9.17) is 4.74 Å². The number of likely N-dealkylation sites (tertiary alicyclic amines) is 1. The molecule has 1 heterocycles. The third-order valence-electron chi connectivity index (χ3n) is 6.51. The van der Waals surface area contributed by atoms with E-state index >= 15 is 0 Å². The second-order valence-electron chi connectivity index (χ2n) is 8.38. The molecule has 3 nitrogen and oxygen atoms in total. The number of hydrogen-bond acceptors (Lipinski definition) is 3. The molecule has 138 valence electrons. The van der Waals surface area contributed by atoms with E-state index < -0.39 is 6.10 Å². The van der Waals surface area contributed by atoms with Crippen molar-refractivity contribution in [3.05, 3.63) is 65.7 Å². The van der Waals surface area contributed by atoms with Gasteiger partial charge in [-0.05, 0) is 53.4 Å². The topological polar surface area (TPSA) is 32.7 Å². The first-order valence-electron chi connectivity index (χ1n) is 9.67. The third-order valence-corrected chi connectivity index (χ3v) is 6.51. The largest absolute Gasteiger partial charge is 0.497 e. The van der Waals surface area contributed by atoms with Crippen molar-refractivity contribution in [2.75, 3.05) is 26.7 Å². The van der Waals surface area contributed by atoms with E-state index in [1.165, 1.54) is 18.4 Å². The number of nitrogens with zero attached hydrogens (tertiary/aromatic N) is 1. The molecule has 0 bridgehead atoms. The standard InChI is InChI=1S/C23H29NO2/c1-23-13-19(17-7-4-3-5-8-17)11-20(23)14-24(16-23)15-22(25)18-9-6-10-21(12-18)26-2/h3-10,12,19-20,22,25H,11,13-16H2,1-2H3/t19-,20-,22+,23+/m0/s1. The minimum atomic E-state index is -0.461. The lowest BCUT2D eigenvalue weighted by atomic mass is 9.82. The molecule has 2 aliphatic rings. The molecule has 1 aliphatic carbocycles. The Morgan fingerprint density at radius 3 is 2.73 bits per heavy atom. The fraction of sp³-hybridized carbons (Fsp3) is 0.478. The molecule has 0 radical (unpaired) electrons. The summed E-state index contributed by atoms with van der Waals surface area (Å²) in [5.41, 5.74) is 2.80. The molecule has 4 atom stereocenters. The summed E-state index contributed by atoms with van der Waals surface area (Å²) in [4.78, 5) is 2.45. The SMILES string of the molecule is COc1cccc([C@H](O)CN2C[C@@H]3C[C@H](c4ccccc4)C[C@]3(C)C2)c1.